The number of hydrogen-bond donors (Lipinski definition) is 1. The van der Waals surface area contributed by atoms with E-state index in [9.17, 15) is 5.11 Å². The van der Waals surface area contributed by atoms with Gasteiger partial charge in [0, 0.05) is 23.0 Å². The lowest BCUT2D eigenvalue weighted by molar-refractivity contribution is 0.229. The van der Waals surface area contributed by atoms with Crippen LogP contribution in [0.5, 0.6) is 5.88 Å². The fourth-order valence-corrected chi connectivity index (χ4v) is 3.04. The summed E-state index contributed by atoms with van der Waals surface area (Å²) in [4.78, 5) is 4.37. The van der Waals surface area contributed by atoms with Gasteiger partial charge in [-0.05, 0) is 24.6 Å². The molecule has 144 valence electrons. The van der Waals surface area contributed by atoms with E-state index in [4.69, 9.17) is 9.26 Å². The van der Waals surface area contributed by atoms with Crippen LogP contribution in [0.25, 0.3) is 27.9 Å². The number of rotatable bonds is 5. The minimum absolute atomic E-state index is 0.252. The van der Waals surface area contributed by atoms with Crippen LogP contribution in [0, 0.1) is 6.92 Å². The third-order valence-corrected chi connectivity index (χ3v) is 4.50. The van der Waals surface area contributed by atoms with Gasteiger partial charge < -0.3 is 14.4 Å². The largest absolute Gasteiger partial charge is 0.470 e. The smallest absolute Gasteiger partial charge is 0.240 e. The molecular weight excluding hydrogens is 372 g/mol. The highest BCUT2D eigenvalue weighted by atomic mass is 16.5. The lowest BCUT2D eigenvalue weighted by Crippen LogP contribution is -2.04. The van der Waals surface area contributed by atoms with Gasteiger partial charge in [0.2, 0.25) is 11.7 Å². The molecule has 9 nitrogen and oxygen atoms in total. The van der Waals surface area contributed by atoms with Gasteiger partial charge in [-0.2, -0.15) is 4.52 Å². The number of fused-ring (bicyclic) bond motifs is 3. The van der Waals surface area contributed by atoms with Gasteiger partial charge in [0.15, 0.2) is 17.1 Å². The van der Waals surface area contributed by atoms with E-state index < -0.39 is 0 Å². The van der Waals surface area contributed by atoms with Gasteiger partial charge >= 0.3 is 0 Å². The van der Waals surface area contributed by atoms with Crippen molar-refractivity contribution in [2.24, 2.45) is 0 Å². The number of aliphatic hydroxyl groups excluding tert-OH is 1. The van der Waals surface area contributed by atoms with E-state index >= 15 is 0 Å². The molecule has 4 heterocycles. The van der Waals surface area contributed by atoms with E-state index in [2.05, 4.69) is 25.4 Å². The highest BCUT2D eigenvalue weighted by molar-refractivity contribution is 5.96. The van der Waals surface area contributed by atoms with Crippen LogP contribution in [-0.4, -0.2) is 35.1 Å². The zero-order valence-electron chi connectivity index (χ0n) is 15.5. The van der Waals surface area contributed by atoms with Crippen molar-refractivity contribution in [2.75, 3.05) is 0 Å². The Kier molecular flexibility index (Phi) is 4.14. The second-order valence-corrected chi connectivity index (χ2v) is 6.56. The Balaban J connectivity index is 1.61. The lowest BCUT2D eigenvalue weighted by Gasteiger charge is -2.09. The number of aryl methyl sites for hydroxylation is 1. The van der Waals surface area contributed by atoms with Gasteiger partial charge in [0.05, 0.1) is 5.69 Å². The molecule has 0 fully saturated rings. The van der Waals surface area contributed by atoms with Crippen LogP contribution in [0.4, 0.5) is 0 Å². The number of pyridine rings is 1. The summed E-state index contributed by atoms with van der Waals surface area (Å²) in [5.74, 6) is 1.16. The molecular formula is C20H16N6O3. The van der Waals surface area contributed by atoms with Crippen molar-refractivity contribution in [2.45, 2.75) is 20.1 Å². The monoisotopic (exact) mass is 388 g/mol. The molecule has 0 aliphatic carbocycles. The van der Waals surface area contributed by atoms with E-state index in [0.29, 0.717) is 28.8 Å². The summed E-state index contributed by atoms with van der Waals surface area (Å²) >= 11 is 0. The average Bonchev–Trinajstić information content (AvgIpc) is 3.40. The number of hydrogen-bond acceptors (Lipinski definition) is 8. The Morgan fingerprint density at radius 2 is 1.97 bits per heavy atom. The molecule has 29 heavy (non-hydrogen) atoms. The molecule has 5 rings (SSSR count). The van der Waals surface area contributed by atoms with Crippen molar-refractivity contribution < 1.29 is 14.4 Å². The third kappa shape index (κ3) is 3.07. The molecule has 9 heteroatoms. The van der Waals surface area contributed by atoms with E-state index in [1.54, 1.807) is 16.8 Å². The molecule has 4 aromatic heterocycles. The second-order valence-electron chi connectivity index (χ2n) is 6.56. The Morgan fingerprint density at radius 3 is 2.72 bits per heavy atom. The number of aliphatic hydroxyl groups is 1. The molecule has 1 N–H and O–H groups in total. The molecule has 0 radical (unpaired) electrons. The quantitative estimate of drug-likeness (QED) is 0.489. The van der Waals surface area contributed by atoms with Crippen molar-refractivity contribution in [3.05, 3.63) is 65.7 Å². The zero-order chi connectivity index (χ0) is 19.8. The molecule has 1 aromatic carbocycles. The normalized spacial score (nSPS) is 11.4. The minimum Gasteiger partial charge on any atom is -0.470 e. The van der Waals surface area contributed by atoms with Crippen LogP contribution in [0.3, 0.4) is 0 Å². The Hall–Kier alpha value is -3.85. The maximum Gasteiger partial charge on any atom is 0.240 e. The third-order valence-electron chi connectivity index (χ3n) is 4.50. The first-order chi connectivity index (χ1) is 14.2. The molecule has 0 saturated heterocycles. The average molecular weight is 388 g/mol. The summed E-state index contributed by atoms with van der Waals surface area (Å²) in [6.07, 6.45) is 1.80. The molecule has 0 aliphatic rings. The first-order valence-electron chi connectivity index (χ1n) is 8.98. The second kappa shape index (κ2) is 6.95. The van der Waals surface area contributed by atoms with Crippen molar-refractivity contribution >= 4 is 16.4 Å². The number of benzene rings is 1. The van der Waals surface area contributed by atoms with Crippen LogP contribution in [0.2, 0.25) is 0 Å². The summed E-state index contributed by atoms with van der Waals surface area (Å²) in [5.41, 5.74) is 2.89. The van der Waals surface area contributed by atoms with Gasteiger partial charge in [-0.25, -0.2) is 0 Å². The standard InChI is InChI=1S/C20H16N6O3/c1-12-6-7-13(21-9-12)11-28-20-16-5-3-2-4-15(16)18-22-23-19(26(18)24-20)17-8-14(10-27)29-25-17/h2-9,27H,10-11H2,1H3. The highest BCUT2D eigenvalue weighted by Crippen LogP contribution is 2.29. The number of aromatic nitrogens is 6. The van der Waals surface area contributed by atoms with E-state index in [1.807, 2.05) is 43.3 Å². The molecule has 0 spiro atoms. The first-order valence-corrected chi connectivity index (χ1v) is 8.98. The van der Waals surface area contributed by atoms with Crippen molar-refractivity contribution in [3.8, 4) is 17.4 Å². The molecule has 0 amide bonds. The molecule has 0 atom stereocenters. The predicted molar refractivity (Wildman–Crippen MR) is 103 cm³/mol. The van der Waals surface area contributed by atoms with Crippen molar-refractivity contribution in [1.82, 2.24) is 30.0 Å². The highest BCUT2D eigenvalue weighted by Gasteiger charge is 2.18. The van der Waals surface area contributed by atoms with Crippen LogP contribution in [-0.2, 0) is 13.2 Å². The van der Waals surface area contributed by atoms with Crippen LogP contribution >= 0.6 is 0 Å². The van der Waals surface area contributed by atoms with Gasteiger partial charge in [-0.3, -0.25) is 4.98 Å². The van der Waals surface area contributed by atoms with Crippen LogP contribution in [0.1, 0.15) is 17.0 Å². The Morgan fingerprint density at radius 1 is 1.10 bits per heavy atom. The van der Waals surface area contributed by atoms with Gasteiger partial charge in [-0.1, -0.05) is 29.4 Å². The summed E-state index contributed by atoms with van der Waals surface area (Å²) in [6, 6.07) is 13.2. The zero-order valence-corrected chi connectivity index (χ0v) is 15.5. The fraction of sp³-hybridized carbons (Fsp3) is 0.150. The topological polar surface area (TPSA) is 111 Å². The van der Waals surface area contributed by atoms with E-state index in [0.717, 1.165) is 22.0 Å². The first kappa shape index (κ1) is 17.3. The maximum absolute atomic E-state index is 9.22. The summed E-state index contributed by atoms with van der Waals surface area (Å²) in [7, 11) is 0. The van der Waals surface area contributed by atoms with Gasteiger partial charge in [0.1, 0.15) is 13.2 Å². The summed E-state index contributed by atoms with van der Waals surface area (Å²) < 4.78 is 12.6. The van der Waals surface area contributed by atoms with Crippen molar-refractivity contribution in [1.29, 1.82) is 0 Å². The molecule has 0 aliphatic heterocycles. The maximum atomic E-state index is 9.22. The molecule has 5 aromatic rings. The fourth-order valence-electron chi connectivity index (χ4n) is 3.04. The summed E-state index contributed by atoms with van der Waals surface area (Å²) in [5, 5.41) is 27.9. The van der Waals surface area contributed by atoms with Crippen molar-refractivity contribution in [3.63, 3.8) is 0 Å². The van der Waals surface area contributed by atoms with E-state index in [-0.39, 0.29) is 13.2 Å². The minimum atomic E-state index is -0.252. The van der Waals surface area contributed by atoms with Crippen LogP contribution < -0.4 is 4.74 Å². The van der Waals surface area contributed by atoms with Gasteiger partial charge in [0.25, 0.3) is 0 Å². The van der Waals surface area contributed by atoms with Gasteiger partial charge in [-0.15, -0.1) is 15.3 Å². The number of nitrogens with zero attached hydrogens (tertiary/aromatic N) is 6. The molecule has 0 unspecified atom stereocenters. The summed E-state index contributed by atoms with van der Waals surface area (Å²) in [6.45, 7) is 2.01. The Bertz CT molecular complexity index is 1310. The van der Waals surface area contributed by atoms with E-state index in [1.165, 1.54) is 0 Å². The SMILES string of the molecule is Cc1ccc(COc2nn3c(-c4cc(CO)on4)nnc3c3ccccc23)nc1. The molecule has 0 bridgehead atoms. The molecule has 0 saturated carbocycles. The Labute approximate surface area is 164 Å². The number of ether oxygens (including phenoxy) is 1. The lowest BCUT2D eigenvalue weighted by atomic mass is 10.2. The van der Waals surface area contributed by atoms with Crippen LogP contribution in [0.15, 0.2) is 53.2 Å². The predicted octanol–water partition coefficient (Wildman–Crippen LogP) is 2.71.